The molecule has 1 aromatic rings. The predicted molar refractivity (Wildman–Crippen MR) is 54.2 cm³/mol. The van der Waals surface area contributed by atoms with E-state index in [9.17, 15) is 0 Å². The van der Waals surface area contributed by atoms with Crippen LogP contribution in [0.1, 0.15) is 5.69 Å². The Morgan fingerprint density at radius 3 is 2.60 bits per heavy atom. The van der Waals surface area contributed by atoms with Gasteiger partial charge in [0.15, 0.2) is 0 Å². The first-order valence-corrected chi connectivity index (χ1v) is 4.83. The van der Waals surface area contributed by atoms with Crippen molar-refractivity contribution in [3.05, 3.63) is 5.69 Å². The molecule has 78 valence electrons. The van der Waals surface area contributed by atoms with Gasteiger partial charge in [-0.05, 0) is 0 Å². The van der Waals surface area contributed by atoms with Crippen molar-refractivity contribution in [1.82, 2.24) is 14.5 Å². The first-order chi connectivity index (χ1) is 7.31. The highest BCUT2D eigenvalue weighted by Gasteiger charge is 2.11. The highest BCUT2D eigenvalue weighted by molar-refractivity contribution is 7.10. The second-order valence-electron chi connectivity index (χ2n) is 2.65. The lowest BCUT2D eigenvalue weighted by molar-refractivity contribution is 0.331. The minimum atomic E-state index is 0.176. The predicted octanol–water partition coefficient (Wildman–Crippen LogP) is -0.327. The second-order valence-corrected chi connectivity index (χ2v) is 3.41. The molecule has 0 aliphatic rings. The first kappa shape index (κ1) is 11.3. The number of hydrogen-bond donors (Lipinski definition) is 2. The molecule has 1 aromatic heterocycles. The van der Waals surface area contributed by atoms with Gasteiger partial charge in [-0.2, -0.15) is 10.5 Å². The second kappa shape index (κ2) is 5.88. The van der Waals surface area contributed by atoms with E-state index in [-0.39, 0.29) is 13.1 Å². The normalized spacial score (nSPS) is 9.60. The number of anilines is 1. The summed E-state index contributed by atoms with van der Waals surface area (Å²) in [6, 6.07) is 3.96. The SMILES string of the molecule is N#CCN(CC#N)Cc1nnsc1NN. The molecule has 0 aromatic carbocycles. The molecule has 15 heavy (non-hydrogen) atoms. The first-order valence-electron chi connectivity index (χ1n) is 4.06. The molecular formula is C7H9N7S. The van der Waals surface area contributed by atoms with E-state index in [0.717, 1.165) is 11.5 Å². The molecule has 0 saturated heterocycles. The van der Waals surface area contributed by atoms with E-state index in [1.807, 2.05) is 12.1 Å². The lowest BCUT2D eigenvalue weighted by atomic mass is 10.4. The van der Waals surface area contributed by atoms with Crippen LogP contribution in [0.4, 0.5) is 5.00 Å². The van der Waals surface area contributed by atoms with Gasteiger partial charge in [-0.25, -0.2) is 5.84 Å². The molecule has 0 atom stereocenters. The van der Waals surface area contributed by atoms with Crippen molar-refractivity contribution in [1.29, 1.82) is 10.5 Å². The summed E-state index contributed by atoms with van der Waals surface area (Å²) >= 11 is 1.14. The van der Waals surface area contributed by atoms with E-state index in [2.05, 4.69) is 15.0 Å². The summed E-state index contributed by atoms with van der Waals surface area (Å²) in [5, 5.41) is 21.6. The third-order valence-electron chi connectivity index (χ3n) is 1.65. The number of nitrogens with zero attached hydrogens (tertiary/aromatic N) is 5. The van der Waals surface area contributed by atoms with Crippen LogP contribution in [0.2, 0.25) is 0 Å². The summed E-state index contributed by atoms with van der Waals surface area (Å²) in [6.45, 7) is 0.737. The van der Waals surface area contributed by atoms with Crippen LogP contribution in [-0.2, 0) is 6.54 Å². The molecule has 1 rings (SSSR count). The average Bonchev–Trinajstić information content (AvgIpc) is 2.66. The highest BCUT2D eigenvalue weighted by Crippen LogP contribution is 2.17. The van der Waals surface area contributed by atoms with Crippen molar-refractivity contribution in [3.8, 4) is 12.1 Å². The van der Waals surface area contributed by atoms with Gasteiger partial charge in [0.25, 0.3) is 0 Å². The maximum atomic E-state index is 8.54. The van der Waals surface area contributed by atoms with E-state index in [0.29, 0.717) is 17.2 Å². The van der Waals surface area contributed by atoms with E-state index in [1.54, 1.807) is 4.90 Å². The van der Waals surface area contributed by atoms with Gasteiger partial charge in [0, 0.05) is 18.1 Å². The van der Waals surface area contributed by atoms with Crippen LogP contribution in [-0.4, -0.2) is 27.6 Å². The van der Waals surface area contributed by atoms with Crippen LogP contribution >= 0.6 is 11.5 Å². The summed E-state index contributed by atoms with van der Waals surface area (Å²) in [4.78, 5) is 1.65. The third-order valence-corrected chi connectivity index (χ3v) is 2.35. The molecule has 0 radical (unpaired) electrons. The van der Waals surface area contributed by atoms with Crippen molar-refractivity contribution >= 4 is 16.5 Å². The molecule has 0 unspecified atom stereocenters. The van der Waals surface area contributed by atoms with Crippen LogP contribution < -0.4 is 11.3 Å². The molecule has 1 heterocycles. The Morgan fingerprint density at radius 2 is 2.07 bits per heavy atom. The molecule has 0 saturated carbocycles. The van der Waals surface area contributed by atoms with Gasteiger partial charge in [0.2, 0.25) is 0 Å². The van der Waals surface area contributed by atoms with Crippen molar-refractivity contribution < 1.29 is 0 Å². The summed E-state index contributed by atoms with van der Waals surface area (Å²) in [6.07, 6.45) is 0. The van der Waals surface area contributed by atoms with Gasteiger partial charge < -0.3 is 5.43 Å². The molecule has 0 aliphatic carbocycles. The Labute approximate surface area is 90.9 Å². The van der Waals surface area contributed by atoms with Crippen LogP contribution in [0.5, 0.6) is 0 Å². The van der Waals surface area contributed by atoms with Gasteiger partial charge >= 0.3 is 0 Å². The number of nitrogens with two attached hydrogens (primary N) is 1. The lowest BCUT2D eigenvalue weighted by Gasteiger charge is -2.13. The quantitative estimate of drug-likeness (QED) is 0.399. The van der Waals surface area contributed by atoms with Gasteiger partial charge in [-0.3, -0.25) is 4.90 Å². The Bertz CT molecular complexity index is 371. The topological polar surface area (TPSA) is 115 Å². The van der Waals surface area contributed by atoms with Gasteiger partial charge in [-0.1, -0.05) is 4.49 Å². The maximum absolute atomic E-state index is 8.54. The number of aromatic nitrogens is 2. The molecule has 7 nitrogen and oxygen atoms in total. The van der Waals surface area contributed by atoms with Crippen LogP contribution in [0.15, 0.2) is 0 Å². The van der Waals surface area contributed by atoms with Crippen LogP contribution in [0, 0.1) is 22.7 Å². The smallest absolute Gasteiger partial charge is 0.148 e. The average molecular weight is 223 g/mol. The Hall–Kier alpha value is -1.74. The number of nitrogens with one attached hydrogen (secondary N) is 1. The Morgan fingerprint density at radius 1 is 1.40 bits per heavy atom. The third kappa shape index (κ3) is 3.14. The highest BCUT2D eigenvalue weighted by atomic mass is 32.1. The van der Waals surface area contributed by atoms with Gasteiger partial charge in [-0.15, -0.1) is 5.10 Å². The Kier molecular flexibility index (Phi) is 4.44. The fourth-order valence-corrected chi connectivity index (χ4v) is 1.49. The molecule has 0 bridgehead atoms. The van der Waals surface area contributed by atoms with E-state index in [1.165, 1.54) is 0 Å². The molecular weight excluding hydrogens is 214 g/mol. The summed E-state index contributed by atoms with van der Waals surface area (Å²) in [5.41, 5.74) is 3.11. The fraction of sp³-hybridized carbons (Fsp3) is 0.429. The molecule has 3 N–H and O–H groups in total. The fourth-order valence-electron chi connectivity index (χ4n) is 1.00. The molecule has 0 spiro atoms. The maximum Gasteiger partial charge on any atom is 0.148 e. The number of hydrazine groups is 1. The van der Waals surface area contributed by atoms with Crippen molar-refractivity contribution in [2.45, 2.75) is 6.54 Å². The van der Waals surface area contributed by atoms with E-state index < -0.39 is 0 Å². The number of hydrogen-bond acceptors (Lipinski definition) is 8. The summed E-state index contributed by atoms with van der Waals surface area (Å²) < 4.78 is 3.72. The standard InChI is InChI=1S/C7H9N7S/c8-1-3-14(4-2-9)5-6-7(11-10)15-13-12-6/h11H,3-5,10H2. The number of nitriles is 2. The van der Waals surface area contributed by atoms with E-state index in [4.69, 9.17) is 16.4 Å². The number of rotatable bonds is 5. The van der Waals surface area contributed by atoms with Crippen LogP contribution in [0.25, 0.3) is 0 Å². The summed E-state index contributed by atoms with van der Waals surface area (Å²) in [7, 11) is 0. The zero-order valence-corrected chi connectivity index (χ0v) is 8.66. The minimum absolute atomic E-state index is 0.176. The molecule has 8 heteroatoms. The molecule has 0 fully saturated rings. The minimum Gasteiger partial charge on any atom is -0.313 e. The van der Waals surface area contributed by atoms with Gasteiger partial charge in [0.05, 0.1) is 25.2 Å². The zero-order valence-electron chi connectivity index (χ0n) is 7.84. The van der Waals surface area contributed by atoms with Crippen molar-refractivity contribution in [2.24, 2.45) is 5.84 Å². The lowest BCUT2D eigenvalue weighted by Crippen LogP contribution is -2.25. The van der Waals surface area contributed by atoms with Crippen molar-refractivity contribution in [3.63, 3.8) is 0 Å². The molecule has 0 aliphatic heterocycles. The van der Waals surface area contributed by atoms with Gasteiger partial charge in [0.1, 0.15) is 10.7 Å². The Balaban J connectivity index is 2.66. The number of nitrogen functional groups attached to an aromatic ring is 1. The zero-order chi connectivity index (χ0) is 11.1. The van der Waals surface area contributed by atoms with Crippen molar-refractivity contribution in [2.75, 3.05) is 18.5 Å². The van der Waals surface area contributed by atoms with Crippen LogP contribution in [0.3, 0.4) is 0 Å². The summed E-state index contributed by atoms with van der Waals surface area (Å²) in [5.74, 6) is 5.25. The largest absolute Gasteiger partial charge is 0.313 e. The van der Waals surface area contributed by atoms with E-state index >= 15 is 0 Å². The molecule has 0 amide bonds. The monoisotopic (exact) mass is 223 g/mol.